The van der Waals surface area contributed by atoms with Gasteiger partial charge >= 0.3 is 0 Å². The first kappa shape index (κ1) is 23.3. The molecule has 0 N–H and O–H groups in total. The molecule has 7 nitrogen and oxygen atoms in total. The zero-order valence-electron chi connectivity index (χ0n) is 20.1. The third kappa shape index (κ3) is 4.71. The number of benzene rings is 2. The first-order chi connectivity index (χ1) is 18.2. The van der Waals surface area contributed by atoms with E-state index < -0.39 is 0 Å². The number of unbranched alkanes of at least 4 members (excludes halogenated alkanes) is 1. The molecule has 184 valence electrons. The lowest BCUT2D eigenvalue weighted by Crippen LogP contribution is -2.23. The molecule has 0 spiro atoms. The fourth-order valence-electron chi connectivity index (χ4n) is 3.96. The van der Waals surface area contributed by atoms with E-state index in [1.807, 2.05) is 89.1 Å². The number of nitrogens with zero attached hydrogens (tertiary/aromatic N) is 5. The van der Waals surface area contributed by atoms with Gasteiger partial charge < -0.3 is 4.74 Å². The van der Waals surface area contributed by atoms with E-state index >= 15 is 0 Å². The SMILES string of the molecule is CCCCOc1ccc(-c2nn(-c3ccccc3)cc2C=c2sc3nc(-c4cccs4)nn3c2=O)cc1. The smallest absolute Gasteiger partial charge is 0.291 e. The van der Waals surface area contributed by atoms with Gasteiger partial charge in [0.1, 0.15) is 11.4 Å². The zero-order chi connectivity index (χ0) is 25.2. The van der Waals surface area contributed by atoms with Crippen molar-refractivity contribution < 1.29 is 4.74 Å². The number of hydrogen-bond acceptors (Lipinski definition) is 7. The third-order valence-electron chi connectivity index (χ3n) is 5.87. The molecule has 4 aromatic heterocycles. The Kier molecular flexibility index (Phi) is 6.38. The lowest BCUT2D eigenvalue weighted by Gasteiger charge is -2.06. The van der Waals surface area contributed by atoms with Crippen LogP contribution >= 0.6 is 22.7 Å². The van der Waals surface area contributed by atoms with Crippen molar-refractivity contribution in [3.8, 4) is 33.4 Å². The summed E-state index contributed by atoms with van der Waals surface area (Å²) in [4.78, 5) is 19.3. The topological polar surface area (TPSA) is 74.3 Å². The molecule has 0 aliphatic carbocycles. The van der Waals surface area contributed by atoms with Gasteiger partial charge in [0.2, 0.25) is 4.96 Å². The fraction of sp³-hybridized carbons (Fsp3) is 0.143. The summed E-state index contributed by atoms with van der Waals surface area (Å²) in [6, 6.07) is 21.8. The second-order valence-corrected chi connectivity index (χ2v) is 10.4. The normalized spacial score (nSPS) is 12.0. The van der Waals surface area contributed by atoms with E-state index in [9.17, 15) is 4.79 Å². The molecule has 37 heavy (non-hydrogen) atoms. The van der Waals surface area contributed by atoms with E-state index in [1.54, 1.807) is 11.3 Å². The Morgan fingerprint density at radius 3 is 2.57 bits per heavy atom. The van der Waals surface area contributed by atoms with Crippen LogP contribution in [0.2, 0.25) is 0 Å². The molecule has 0 bridgehead atoms. The molecular weight excluding hydrogens is 502 g/mol. The maximum Gasteiger partial charge on any atom is 0.291 e. The summed E-state index contributed by atoms with van der Waals surface area (Å²) in [7, 11) is 0. The van der Waals surface area contributed by atoms with Crippen LogP contribution in [0, 0.1) is 0 Å². The van der Waals surface area contributed by atoms with Gasteiger partial charge in [0.05, 0.1) is 21.7 Å². The summed E-state index contributed by atoms with van der Waals surface area (Å²) in [5, 5.41) is 11.3. The monoisotopic (exact) mass is 525 g/mol. The van der Waals surface area contributed by atoms with Crippen LogP contribution < -0.4 is 14.8 Å². The van der Waals surface area contributed by atoms with Crippen molar-refractivity contribution >= 4 is 33.7 Å². The first-order valence-electron chi connectivity index (χ1n) is 12.0. The van der Waals surface area contributed by atoms with E-state index in [0.717, 1.165) is 46.0 Å². The molecule has 0 aliphatic rings. The summed E-state index contributed by atoms with van der Waals surface area (Å²) >= 11 is 2.88. The Bertz CT molecular complexity index is 1750. The van der Waals surface area contributed by atoms with Crippen LogP contribution in [0.4, 0.5) is 0 Å². The van der Waals surface area contributed by atoms with Gasteiger partial charge in [0.15, 0.2) is 5.82 Å². The van der Waals surface area contributed by atoms with Gasteiger partial charge in [-0.2, -0.15) is 14.6 Å². The fourth-order valence-corrected chi connectivity index (χ4v) is 5.51. The largest absolute Gasteiger partial charge is 0.494 e. The van der Waals surface area contributed by atoms with Crippen molar-refractivity contribution in [2.24, 2.45) is 0 Å². The maximum absolute atomic E-state index is 13.2. The predicted octanol–water partition coefficient (Wildman–Crippen LogP) is 5.46. The van der Waals surface area contributed by atoms with Crippen LogP contribution in [-0.2, 0) is 0 Å². The van der Waals surface area contributed by atoms with Crippen molar-refractivity contribution in [3.63, 3.8) is 0 Å². The number of ether oxygens (including phenoxy) is 1. The van der Waals surface area contributed by atoms with Gasteiger partial charge in [-0.05, 0) is 60.3 Å². The van der Waals surface area contributed by atoms with Crippen LogP contribution in [0.1, 0.15) is 25.3 Å². The molecule has 2 aromatic carbocycles. The second kappa shape index (κ2) is 10.1. The molecule has 0 radical (unpaired) electrons. The first-order valence-corrected chi connectivity index (χ1v) is 13.7. The summed E-state index contributed by atoms with van der Waals surface area (Å²) in [6.07, 6.45) is 5.94. The van der Waals surface area contributed by atoms with E-state index in [4.69, 9.17) is 9.84 Å². The molecule has 9 heteroatoms. The van der Waals surface area contributed by atoms with Gasteiger partial charge in [0, 0.05) is 17.3 Å². The van der Waals surface area contributed by atoms with E-state index in [1.165, 1.54) is 15.9 Å². The third-order valence-corrected chi connectivity index (χ3v) is 7.69. The van der Waals surface area contributed by atoms with Crippen molar-refractivity contribution in [1.82, 2.24) is 24.4 Å². The van der Waals surface area contributed by atoms with Crippen LogP contribution in [0.15, 0.2) is 83.1 Å². The molecule has 0 aliphatic heterocycles. The lowest BCUT2D eigenvalue weighted by molar-refractivity contribution is 0.309. The van der Waals surface area contributed by atoms with Crippen molar-refractivity contribution in [2.45, 2.75) is 19.8 Å². The highest BCUT2D eigenvalue weighted by molar-refractivity contribution is 7.15. The van der Waals surface area contributed by atoms with Crippen LogP contribution in [-0.4, -0.2) is 31.0 Å². The number of thiophene rings is 1. The van der Waals surface area contributed by atoms with Gasteiger partial charge in [-0.3, -0.25) is 4.79 Å². The second-order valence-electron chi connectivity index (χ2n) is 8.46. The molecule has 0 atom stereocenters. The van der Waals surface area contributed by atoms with Crippen molar-refractivity contribution in [3.05, 3.63) is 98.8 Å². The Morgan fingerprint density at radius 2 is 1.84 bits per heavy atom. The number of aromatic nitrogens is 5. The number of fused-ring (bicyclic) bond motifs is 1. The van der Waals surface area contributed by atoms with Crippen molar-refractivity contribution in [2.75, 3.05) is 6.61 Å². The highest BCUT2D eigenvalue weighted by Crippen LogP contribution is 2.27. The Hall–Kier alpha value is -4.08. The molecule has 0 fully saturated rings. The number of para-hydroxylation sites is 1. The number of thiazole rings is 1. The van der Waals surface area contributed by atoms with Gasteiger partial charge in [0.25, 0.3) is 5.56 Å². The molecule has 0 saturated heterocycles. The minimum Gasteiger partial charge on any atom is -0.494 e. The lowest BCUT2D eigenvalue weighted by atomic mass is 10.1. The van der Waals surface area contributed by atoms with Crippen LogP contribution in [0.3, 0.4) is 0 Å². The highest BCUT2D eigenvalue weighted by atomic mass is 32.1. The van der Waals surface area contributed by atoms with Crippen LogP contribution in [0.25, 0.3) is 38.7 Å². The van der Waals surface area contributed by atoms with Gasteiger partial charge in [-0.1, -0.05) is 48.9 Å². The quantitative estimate of drug-likeness (QED) is 0.247. The molecule has 6 rings (SSSR count). The summed E-state index contributed by atoms with van der Waals surface area (Å²) in [5.41, 5.74) is 3.31. The minimum atomic E-state index is -0.187. The number of hydrogen-bond donors (Lipinski definition) is 0. The van der Waals surface area contributed by atoms with E-state index in [0.29, 0.717) is 21.9 Å². The van der Waals surface area contributed by atoms with E-state index in [-0.39, 0.29) is 5.56 Å². The van der Waals surface area contributed by atoms with Crippen LogP contribution in [0.5, 0.6) is 5.75 Å². The Balaban J connectivity index is 1.42. The van der Waals surface area contributed by atoms with Gasteiger partial charge in [-0.25, -0.2) is 4.68 Å². The molecule has 4 heterocycles. The number of rotatable bonds is 8. The zero-order valence-corrected chi connectivity index (χ0v) is 21.7. The molecule has 0 amide bonds. The standard InChI is InChI=1S/C28H23N5O2S2/c1-2-3-15-35-22-13-11-19(12-14-22)25-20(18-32(30-25)21-8-5-4-6-9-21)17-24-27(34)33-28(37-24)29-26(31-33)23-10-7-16-36-23/h4-14,16-18H,2-3,15H2,1H3. The minimum absolute atomic E-state index is 0.187. The molecule has 6 aromatic rings. The molecule has 0 unspecified atom stereocenters. The van der Waals surface area contributed by atoms with Gasteiger partial charge in [-0.15, -0.1) is 16.4 Å². The Labute approximate surface area is 220 Å². The average Bonchev–Trinajstić information content (AvgIpc) is 3.72. The molecule has 0 saturated carbocycles. The summed E-state index contributed by atoms with van der Waals surface area (Å²) in [6.45, 7) is 2.84. The molecular formula is C28H23N5O2S2. The maximum atomic E-state index is 13.2. The Morgan fingerprint density at radius 1 is 1.00 bits per heavy atom. The summed E-state index contributed by atoms with van der Waals surface area (Å²) < 4.78 is 9.60. The average molecular weight is 526 g/mol. The predicted molar refractivity (Wildman–Crippen MR) is 149 cm³/mol. The van der Waals surface area contributed by atoms with E-state index in [2.05, 4.69) is 17.0 Å². The highest BCUT2D eigenvalue weighted by Gasteiger charge is 2.15. The summed E-state index contributed by atoms with van der Waals surface area (Å²) in [5.74, 6) is 1.41. The van der Waals surface area contributed by atoms with Crippen molar-refractivity contribution in [1.29, 1.82) is 0 Å².